The van der Waals surface area contributed by atoms with Gasteiger partial charge in [0.25, 0.3) is 0 Å². The summed E-state index contributed by atoms with van der Waals surface area (Å²) in [5, 5.41) is 12.4. The maximum Gasteiger partial charge on any atom is 0.134 e. The molecule has 0 aliphatic carbocycles. The number of aliphatic hydroxyl groups is 1. The van der Waals surface area contributed by atoms with Crippen molar-refractivity contribution in [1.29, 1.82) is 0 Å². The van der Waals surface area contributed by atoms with Crippen LogP contribution in [0.5, 0.6) is 0 Å². The lowest BCUT2D eigenvalue weighted by atomic mass is 9.70. The SMILES string of the molecule is C[C@@H]1CN(Cc2cc3ccccc3o2)CC[C@@]1(O)C1CCOCC1. The Morgan fingerprint density at radius 3 is 2.79 bits per heavy atom. The largest absolute Gasteiger partial charge is 0.460 e. The number of nitrogens with zero attached hydrogens (tertiary/aromatic N) is 1. The molecule has 3 heterocycles. The number of para-hydroxylation sites is 1. The molecular formula is C20H27NO3. The first-order valence-electron chi connectivity index (χ1n) is 9.15. The number of rotatable bonds is 3. The van der Waals surface area contributed by atoms with E-state index in [1.165, 1.54) is 0 Å². The van der Waals surface area contributed by atoms with Gasteiger partial charge >= 0.3 is 0 Å². The quantitative estimate of drug-likeness (QED) is 0.937. The van der Waals surface area contributed by atoms with Crippen LogP contribution in [0.4, 0.5) is 0 Å². The third-order valence-corrected chi connectivity index (χ3v) is 6.00. The zero-order valence-electron chi connectivity index (χ0n) is 14.4. The number of piperidine rings is 1. The molecule has 2 atom stereocenters. The van der Waals surface area contributed by atoms with Gasteiger partial charge in [0.05, 0.1) is 12.1 Å². The van der Waals surface area contributed by atoms with Crippen molar-refractivity contribution in [2.75, 3.05) is 26.3 Å². The van der Waals surface area contributed by atoms with Gasteiger partial charge < -0.3 is 14.3 Å². The number of ether oxygens (including phenoxy) is 1. The highest BCUT2D eigenvalue weighted by Crippen LogP contribution is 2.39. The first-order valence-corrected chi connectivity index (χ1v) is 9.15. The van der Waals surface area contributed by atoms with E-state index in [4.69, 9.17) is 9.15 Å². The van der Waals surface area contributed by atoms with Crippen molar-refractivity contribution < 1.29 is 14.3 Å². The highest BCUT2D eigenvalue weighted by Gasteiger charge is 2.45. The minimum atomic E-state index is -0.534. The summed E-state index contributed by atoms with van der Waals surface area (Å²) >= 11 is 0. The van der Waals surface area contributed by atoms with Gasteiger partial charge in [-0.2, -0.15) is 0 Å². The smallest absolute Gasteiger partial charge is 0.134 e. The van der Waals surface area contributed by atoms with E-state index in [9.17, 15) is 5.11 Å². The van der Waals surface area contributed by atoms with E-state index in [0.29, 0.717) is 5.92 Å². The fraction of sp³-hybridized carbons (Fsp3) is 0.600. The lowest BCUT2D eigenvalue weighted by molar-refractivity contribution is -0.132. The Balaban J connectivity index is 1.42. The predicted molar refractivity (Wildman–Crippen MR) is 93.8 cm³/mol. The van der Waals surface area contributed by atoms with Crippen molar-refractivity contribution in [2.45, 2.75) is 38.3 Å². The van der Waals surface area contributed by atoms with E-state index >= 15 is 0 Å². The Labute approximate surface area is 143 Å². The molecule has 1 aromatic carbocycles. The molecule has 0 unspecified atom stereocenters. The van der Waals surface area contributed by atoms with Crippen molar-refractivity contribution in [3.05, 3.63) is 36.1 Å². The average molecular weight is 329 g/mol. The molecule has 2 fully saturated rings. The molecular weight excluding hydrogens is 302 g/mol. The molecule has 4 heteroatoms. The lowest BCUT2D eigenvalue weighted by Gasteiger charge is -2.48. The van der Waals surface area contributed by atoms with Crippen LogP contribution in [0.3, 0.4) is 0 Å². The van der Waals surface area contributed by atoms with Crippen molar-refractivity contribution >= 4 is 11.0 Å². The summed E-state index contributed by atoms with van der Waals surface area (Å²) in [6, 6.07) is 10.3. The second kappa shape index (κ2) is 6.51. The standard InChI is InChI=1S/C20H27NO3/c1-15-13-21(9-8-20(15,22)17-6-10-23-11-7-17)14-18-12-16-4-2-3-5-19(16)24-18/h2-5,12,15,17,22H,6-11,13-14H2,1H3/t15-,20+/m1/s1. The first kappa shape index (κ1) is 16.1. The Kier molecular flexibility index (Phi) is 4.37. The van der Waals surface area contributed by atoms with Gasteiger partial charge in [0.1, 0.15) is 11.3 Å². The molecule has 0 radical (unpaired) electrons. The second-order valence-corrected chi connectivity index (χ2v) is 7.51. The molecule has 2 aromatic rings. The number of likely N-dealkylation sites (tertiary alicyclic amines) is 1. The van der Waals surface area contributed by atoms with Crippen molar-refractivity contribution in [1.82, 2.24) is 4.90 Å². The van der Waals surface area contributed by atoms with Crippen LogP contribution in [0.2, 0.25) is 0 Å². The van der Waals surface area contributed by atoms with Gasteiger partial charge in [-0.15, -0.1) is 0 Å². The number of fused-ring (bicyclic) bond motifs is 1. The summed E-state index contributed by atoms with van der Waals surface area (Å²) in [6.07, 6.45) is 2.83. The van der Waals surface area contributed by atoms with Crippen LogP contribution in [0.15, 0.2) is 34.7 Å². The van der Waals surface area contributed by atoms with Gasteiger partial charge in [0.2, 0.25) is 0 Å². The molecule has 0 bridgehead atoms. The van der Waals surface area contributed by atoms with Crippen LogP contribution >= 0.6 is 0 Å². The van der Waals surface area contributed by atoms with E-state index in [0.717, 1.165) is 68.8 Å². The predicted octanol–water partition coefficient (Wildman–Crippen LogP) is 3.43. The van der Waals surface area contributed by atoms with Crippen LogP contribution < -0.4 is 0 Å². The molecule has 130 valence electrons. The summed E-state index contributed by atoms with van der Waals surface area (Å²) < 4.78 is 11.4. The second-order valence-electron chi connectivity index (χ2n) is 7.51. The molecule has 2 aliphatic rings. The van der Waals surface area contributed by atoms with Crippen molar-refractivity contribution in [2.24, 2.45) is 11.8 Å². The van der Waals surface area contributed by atoms with E-state index in [1.807, 2.05) is 18.2 Å². The molecule has 2 saturated heterocycles. The summed E-state index contributed by atoms with van der Waals surface area (Å²) in [4.78, 5) is 2.41. The number of hydrogen-bond donors (Lipinski definition) is 1. The maximum atomic E-state index is 11.3. The van der Waals surface area contributed by atoms with Crippen molar-refractivity contribution in [3.8, 4) is 0 Å². The molecule has 0 amide bonds. The number of hydrogen-bond acceptors (Lipinski definition) is 4. The number of benzene rings is 1. The normalized spacial score (nSPS) is 30.0. The Morgan fingerprint density at radius 2 is 2.04 bits per heavy atom. The van der Waals surface area contributed by atoms with E-state index in [1.54, 1.807) is 0 Å². The fourth-order valence-electron chi connectivity index (χ4n) is 4.50. The van der Waals surface area contributed by atoms with E-state index < -0.39 is 5.60 Å². The van der Waals surface area contributed by atoms with Gasteiger partial charge in [-0.1, -0.05) is 25.1 Å². The zero-order chi connectivity index (χ0) is 16.6. The van der Waals surface area contributed by atoms with Crippen molar-refractivity contribution in [3.63, 3.8) is 0 Å². The maximum absolute atomic E-state index is 11.3. The van der Waals surface area contributed by atoms with Gasteiger partial charge in [-0.25, -0.2) is 0 Å². The van der Waals surface area contributed by atoms with Crippen LogP contribution in [0.1, 0.15) is 31.9 Å². The molecule has 2 aliphatic heterocycles. The Bertz CT molecular complexity index is 658. The third kappa shape index (κ3) is 2.99. The molecule has 4 rings (SSSR count). The molecule has 0 saturated carbocycles. The fourth-order valence-corrected chi connectivity index (χ4v) is 4.50. The molecule has 1 N–H and O–H groups in total. The molecule has 24 heavy (non-hydrogen) atoms. The lowest BCUT2D eigenvalue weighted by Crippen LogP contribution is -2.55. The van der Waals surface area contributed by atoms with E-state index in [-0.39, 0.29) is 5.92 Å². The highest BCUT2D eigenvalue weighted by molar-refractivity contribution is 5.77. The van der Waals surface area contributed by atoms with Gasteiger partial charge in [-0.05, 0) is 43.2 Å². The molecule has 0 spiro atoms. The monoisotopic (exact) mass is 329 g/mol. The average Bonchev–Trinajstić information content (AvgIpc) is 3.01. The summed E-state index contributed by atoms with van der Waals surface area (Å²) in [7, 11) is 0. The van der Waals surface area contributed by atoms with Crippen LogP contribution in [-0.2, 0) is 11.3 Å². The van der Waals surface area contributed by atoms with Crippen LogP contribution in [0.25, 0.3) is 11.0 Å². The molecule has 1 aromatic heterocycles. The minimum absolute atomic E-state index is 0.277. The minimum Gasteiger partial charge on any atom is -0.460 e. The highest BCUT2D eigenvalue weighted by atomic mass is 16.5. The summed E-state index contributed by atoms with van der Waals surface area (Å²) in [6.45, 7) is 6.45. The van der Waals surface area contributed by atoms with Gasteiger partial charge in [-0.3, -0.25) is 4.90 Å². The van der Waals surface area contributed by atoms with E-state index in [2.05, 4.69) is 24.0 Å². The summed E-state index contributed by atoms with van der Waals surface area (Å²) in [5.74, 6) is 1.67. The topological polar surface area (TPSA) is 45.8 Å². The molecule has 4 nitrogen and oxygen atoms in total. The summed E-state index contributed by atoms with van der Waals surface area (Å²) in [5.41, 5.74) is 0.421. The zero-order valence-corrected chi connectivity index (χ0v) is 14.4. The van der Waals surface area contributed by atoms with Gasteiger partial charge in [0, 0.05) is 31.7 Å². The van der Waals surface area contributed by atoms with Gasteiger partial charge in [0.15, 0.2) is 0 Å². The van der Waals surface area contributed by atoms with Crippen LogP contribution in [0, 0.1) is 11.8 Å². The first-order chi connectivity index (χ1) is 11.6. The Morgan fingerprint density at radius 1 is 1.25 bits per heavy atom. The third-order valence-electron chi connectivity index (χ3n) is 6.00. The Hall–Kier alpha value is -1.36. The number of furan rings is 1. The van der Waals surface area contributed by atoms with Crippen LogP contribution in [-0.4, -0.2) is 41.9 Å².